The maximum Gasteiger partial charge on any atom is 0.257 e. The summed E-state index contributed by atoms with van der Waals surface area (Å²) in [5.41, 5.74) is 6.81. The molecular formula is C10H9ClN4OS. The zero-order valence-electron chi connectivity index (χ0n) is 8.90. The van der Waals surface area contributed by atoms with Crippen molar-refractivity contribution in [3.05, 3.63) is 34.3 Å². The molecule has 0 fully saturated rings. The van der Waals surface area contributed by atoms with Crippen LogP contribution < -0.4 is 11.1 Å². The van der Waals surface area contributed by atoms with Crippen molar-refractivity contribution >= 4 is 39.1 Å². The first-order chi connectivity index (χ1) is 8.04. The number of nitrogens with one attached hydrogen (secondary N) is 1. The predicted molar refractivity (Wildman–Crippen MR) is 68.5 cm³/mol. The minimum atomic E-state index is -0.285. The van der Waals surface area contributed by atoms with Crippen molar-refractivity contribution in [2.75, 3.05) is 11.1 Å². The Balaban J connectivity index is 2.19. The van der Waals surface area contributed by atoms with Gasteiger partial charge in [-0.15, -0.1) is 10.2 Å². The molecule has 1 aromatic carbocycles. The van der Waals surface area contributed by atoms with Crippen LogP contribution in [0.2, 0.25) is 5.02 Å². The minimum absolute atomic E-state index is 0.285. The first kappa shape index (κ1) is 11.8. The van der Waals surface area contributed by atoms with Gasteiger partial charge in [-0.1, -0.05) is 22.9 Å². The highest BCUT2D eigenvalue weighted by Gasteiger charge is 2.10. The highest BCUT2D eigenvalue weighted by Crippen LogP contribution is 2.19. The van der Waals surface area contributed by atoms with Crippen molar-refractivity contribution in [3.63, 3.8) is 0 Å². The van der Waals surface area contributed by atoms with Crippen LogP contribution >= 0.6 is 22.9 Å². The Kier molecular flexibility index (Phi) is 3.26. The summed E-state index contributed by atoms with van der Waals surface area (Å²) in [7, 11) is 0. The number of amides is 1. The number of hydrogen-bond donors (Lipinski definition) is 2. The van der Waals surface area contributed by atoms with Crippen molar-refractivity contribution in [3.8, 4) is 0 Å². The molecule has 3 N–H and O–H groups in total. The number of carbonyl (C=O) groups excluding carboxylic acids is 1. The molecule has 88 valence electrons. The van der Waals surface area contributed by atoms with E-state index in [1.807, 2.05) is 6.92 Å². The van der Waals surface area contributed by atoms with Gasteiger partial charge in [0.25, 0.3) is 5.91 Å². The lowest BCUT2D eigenvalue weighted by Crippen LogP contribution is -2.11. The summed E-state index contributed by atoms with van der Waals surface area (Å²) >= 11 is 6.99. The second kappa shape index (κ2) is 4.68. The Bertz CT molecular complexity index is 549. The van der Waals surface area contributed by atoms with Gasteiger partial charge in [0.05, 0.1) is 0 Å². The Morgan fingerprint density at radius 1 is 1.41 bits per heavy atom. The van der Waals surface area contributed by atoms with Crippen LogP contribution in [0, 0.1) is 6.92 Å². The normalized spacial score (nSPS) is 10.2. The molecule has 0 aliphatic carbocycles. The van der Waals surface area contributed by atoms with E-state index >= 15 is 0 Å². The molecule has 17 heavy (non-hydrogen) atoms. The number of aromatic nitrogens is 2. The molecule has 0 saturated carbocycles. The maximum atomic E-state index is 11.9. The molecule has 2 aromatic rings. The van der Waals surface area contributed by atoms with Crippen LogP contribution in [0.5, 0.6) is 0 Å². The molecule has 7 heteroatoms. The standard InChI is InChI=1S/C10H9ClN4OS/c1-5-2-6(4-7(11)3-5)8(16)13-10-15-14-9(12)17-10/h2-4H,1H3,(H2,12,14)(H,13,15,16). The summed E-state index contributed by atoms with van der Waals surface area (Å²) in [5, 5.41) is 11.1. The molecule has 0 spiro atoms. The molecule has 1 amide bonds. The van der Waals surface area contributed by atoms with E-state index in [1.165, 1.54) is 0 Å². The quantitative estimate of drug-likeness (QED) is 0.876. The van der Waals surface area contributed by atoms with Gasteiger partial charge in [0.1, 0.15) is 0 Å². The Morgan fingerprint density at radius 2 is 2.18 bits per heavy atom. The zero-order chi connectivity index (χ0) is 12.4. The third-order valence-corrected chi connectivity index (χ3v) is 2.85. The summed E-state index contributed by atoms with van der Waals surface area (Å²) < 4.78 is 0. The van der Waals surface area contributed by atoms with Crippen molar-refractivity contribution in [2.45, 2.75) is 6.92 Å². The van der Waals surface area contributed by atoms with Crippen LogP contribution in [0.3, 0.4) is 0 Å². The van der Waals surface area contributed by atoms with E-state index < -0.39 is 0 Å². The number of hydrogen-bond acceptors (Lipinski definition) is 5. The van der Waals surface area contributed by atoms with Gasteiger partial charge in [0.2, 0.25) is 10.3 Å². The molecule has 0 aliphatic rings. The van der Waals surface area contributed by atoms with Gasteiger partial charge >= 0.3 is 0 Å². The number of anilines is 2. The highest BCUT2D eigenvalue weighted by molar-refractivity contribution is 7.19. The van der Waals surface area contributed by atoms with Crippen LogP contribution in [0.25, 0.3) is 0 Å². The number of rotatable bonds is 2. The first-order valence-electron chi connectivity index (χ1n) is 4.72. The van der Waals surface area contributed by atoms with Crippen molar-refractivity contribution in [2.24, 2.45) is 0 Å². The summed E-state index contributed by atoms with van der Waals surface area (Å²) in [6.45, 7) is 1.87. The van der Waals surface area contributed by atoms with E-state index in [0.717, 1.165) is 16.9 Å². The lowest BCUT2D eigenvalue weighted by atomic mass is 10.1. The van der Waals surface area contributed by atoms with Crippen molar-refractivity contribution in [1.29, 1.82) is 0 Å². The molecule has 0 unspecified atom stereocenters. The molecule has 1 aromatic heterocycles. The zero-order valence-corrected chi connectivity index (χ0v) is 10.5. The van der Waals surface area contributed by atoms with Gasteiger partial charge in [-0.2, -0.15) is 0 Å². The number of nitrogens with zero attached hydrogens (tertiary/aromatic N) is 2. The molecule has 0 radical (unpaired) electrons. The smallest absolute Gasteiger partial charge is 0.257 e. The molecule has 1 heterocycles. The number of nitrogen functional groups attached to an aromatic ring is 1. The van der Waals surface area contributed by atoms with Crippen LogP contribution in [-0.4, -0.2) is 16.1 Å². The average Bonchev–Trinajstić information content (AvgIpc) is 2.62. The Morgan fingerprint density at radius 3 is 2.76 bits per heavy atom. The number of benzene rings is 1. The van der Waals surface area contributed by atoms with E-state index in [0.29, 0.717) is 20.8 Å². The third kappa shape index (κ3) is 2.92. The topological polar surface area (TPSA) is 80.9 Å². The Hall–Kier alpha value is -1.66. The molecule has 0 atom stereocenters. The summed E-state index contributed by atoms with van der Waals surface area (Å²) in [5.74, 6) is -0.285. The number of halogens is 1. The van der Waals surface area contributed by atoms with Crippen LogP contribution in [0.15, 0.2) is 18.2 Å². The van der Waals surface area contributed by atoms with E-state index in [4.69, 9.17) is 17.3 Å². The fourth-order valence-corrected chi connectivity index (χ4v) is 2.12. The van der Waals surface area contributed by atoms with Gasteiger partial charge in [0, 0.05) is 10.6 Å². The molecule has 0 aliphatic heterocycles. The molecule has 0 bridgehead atoms. The lowest BCUT2D eigenvalue weighted by Gasteiger charge is -2.03. The monoisotopic (exact) mass is 268 g/mol. The minimum Gasteiger partial charge on any atom is -0.374 e. The second-order valence-corrected chi connectivity index (χ2v) is 4.86. The van der Waals surface area contributed by atoms with Gasteiger partial charge < -0.3 is 5.73 Å². The molecular weight excluding hydrogens is 260 g/mol. The average molecular weight is 269 g/mol. The number of aryl methyl sites for hydroxylation is 1. The fraction of sp³-hybridized carbons (Fsp3) is 0.100. The van der Waals surface area contributed by atoms with Gasteiger partial charge in [-0.05, 0) is 30.7 Å². The SMILES string of the molecule is Cc1cc(Cl)cc(C(=O)Nc2nnc(N)s2)c1. The van der Waals surface area contributed by atoms with Crippen molar-refractivity contribution < 1.29 is 4.79 Å². The predicted octanol–water partition coefficient (Wildman–Crippen LogP) is 2.33. The maximum absolute atomic E-state index is 11.9. The molecule has 5 nitrogen and oxygen atoms in total. The van der Waals surface area contributed by atoms with Crippen LogP contribution in [-0.2, 0) is 0 Å². The second-order valence-electron chi connectivity index (χ2n) is 3.42. The van der Waals surface area contributed by atoms with Gasteiger partial charge in [0.15, 0.2) is 0 Å². The summed E-state index contributed by atoms with van der Waals surface area (Å²) in [4.78, 5) is 11.9. The summed E-state index contributed by atoms with van der Waals surface area (Å²) in [6.07, 6.45) is 0. The largest absolute Gasteiger partial charge is 0.374 e. The summed E-state index contributed by atoms with van der Waals surface area (Å²) in [6, 6.07) is 5.11. The number of nitrogens with two attached hydrogens (primary N) is 1. The van der Waals surface area contributed by atoms with E-state index in [-0.39, 0.29) is 5.91 Å². The molecule has 2 rings (SSSR count). The van der Waals surface area contributed by atoms with Crippen LogP contribution in [0.1, 0.15) is 15.9 Å². The van der Waals surface area contributed by atoms with E-state index in [1.54, 1.807) is 18.2 Å². The van der Waals surface area contributed by atoms with E-state index in [9.17, 15) is 4.79 Å². The Labute approximate surface area is 107 Å². The number of carbonyl (C=O) groups is 1. The first-order valence-corrected chi connectivity index (χ1v) is 5.91. The van der Waals surface area contributed by atoms with Crippen LogP contribution in [0.4, 0.5) is 10.3 Å². The fourth-order valence-electron chi connectivity index (χ4n) is 1.32. The van der Waals surface area contributed by atoms with Crippen molar-refractivity contribution in [1.82, 2.24) is 10.2 Å². The highest BCUT2D eigenvalue weighted by atomic mass is 35.5. The van der Waals surface area contributed by atoms with E-state index in [2.05, 4.69) is 15.5 Å². The molecule has 0 saturated heterocycles. The van der Waals surface area contributed by atoms with Gasteiger partial charge in [-0.3, -0.25) is 10.1 Å². The van der Waals surface area contributed by atoms with Gasteiger partial charge in [-0.25, -0.2) is 0 Å². The lowest BCUT2D eigenvalue weighted by molar-refractivity contribution is 0.102. The third-order valence-electron chi connectivity index (χ3n) is 1.97.